The van der Waals surface area contributed by atoms with Crippen molar-refractivity contribution >= 4 is 5.91 Å². The summed E-state index contributed by atoms with van der Waals surface area (Å²) in [5, 5.41) is 12.1. The largest absolute Gasteiger partial charge is 0.320 e. The molecular formula is C11H12N4O. The predicted octanol–water partition coefficient (Wildman–Crippen LogP) is 0.0781. The summed E-state index contributed by atoms with van der Waals surface area (Å²) >= 11 is 0. The molecule has 1 saturated heterocycles. The number of rotatable bonds is 2. The number of pyridine rings is 1. The number of hydrogen-bond donors (Lipinski definition) is 1. The highest BCUT2D eigenvalue weighted by molar-refractivity contribution is 5.79. The Bertz CT molecular complexity index is 412. The number of nitriles is 1. The molecule has 16 heavy (non-hydrogen) atoms. The van der Waals surface area contributed by atoms with E-state index in [0.717, 1.165) is 12.1 Å². The summed E-state index contributed by atoms with van der Waals surface area (Å²) in [7, 11) is 0. The first-order chi connectivity index (χ1) is 7.83. The van der Waals surface area contributed by atoms with E-state index in [1.807, 2.05) is 6.07 Å². The van der Waals surface area contributed by atoms with Crippen molar-refractivity contribution in [2.45, 2.75) is 6.04 Å². The molecule has 1 amide bonds. The molecule has 1 aliphatic rings. The van der Waals surface area contributed by atoms with Crippen molar-refractivity contribution in [2.24, 2.45) is 0 Å². The van der Waals surface area contributed by atoms with Gasteiger partial charge in [-0.05, 0) is 6.07 Å². The van der Waals surface area contributed by atoms with E-state index in [1.165, 1.54) is 0 Å². The van der Waals surface area contributed by atoms with Gasteiger partial charge in [0.05, 0.1) is 12.6 Å². The lowest BCUT2D eigenvalue weighted by Crippen LogP contribution is -2.49. The second kappa shape index (κ2) is 4.73. The van der Waals surface area contributed by atoms with Crippen molar-refractivity contribution in [3.8, 4) is 6.07 Å². The van der Waals surface area contributed by atoms with Gasteiger partial charge in [0, 0.05) is 31.0 Å². The quantitative estimate of drug-likeness (QED) is 0.760. The van der Waals surface area contributed by atoms with Gasteiger partial charge in [-0.15, -0.1) is 0 Å². The first-order valence-corrected chi connectivity index (χ1v) is 5.12. The zero-order valence-electron chi connectivity index (χ0n) is 8.76. The lowest BCUT2D eigenvalue weighted by molar-refractivity contribution is -0.133. The number of nitrogens with zero attached hydrogens (tertiary/aromatic N) is 3. The van der Waals surface area contributed by atoms with Crippen LogP contribution < -0.4 is 5.32 Å². The van der Waals surface area contributed by atoms with Gasteiger partial charge in [-0.1, -0.05) is 6.07 Å². The highest BCUT2D eigenvalue weighted by Gasteiger charge is 2.26. The minimum Gasteiger partial charge on any atom is -0.320 e. The Morgan fingerprint density at radius 1 is 1.62 bits per heavy atom. The zero-order chi connectivity index (χ0) is 11.4. The summed E-state index contributed by atoms with van der Waals surface area (Å²) < 4.78 is 0. The van der Waals surface area contributed by atoms with Gasteiger partial charge in [0.1, 0.15) is 6.04 Å². The molecule has 1 fully saturated rings. The molecule has 0 saturated carbocycles. The topological polar surface area (TPSA) is 69.0 Å². The Balaban J connectivity index is 2.23. The maximum Gasteiger partial charge on any atom is 0.237 e. The highest BCUT2D eigenvalue weighted by Crippen LogP contribution is 2.19. The SMILES string of the molecule is N#CC(c1cccnc1)N1CCNCC1=O. The van der Waals surface area contributed by atoms with Crippen LogP contribution in [-0.2, 0) is 4.79 Å². The van der Waals surface area contributed by atoms with E-state index in [1.54, 1.807) is 23.4 Å². The van der Waals surface area contributed by atoms with Crippen LogP contribution in [0.15, 0.2) is 24.5 Å². The van der Waals surface area contributed by atoms with Crippen LogP contribution in [0.5, 0.6) is 0 Å². The summed E-state index contributed by atoms with van der Waals surface area (Å²) in [4.78, 5) is 17.2. The highest BCUT2D eigenvalue weighted by atomic mass is 16.2. The summed E-state index contributed by atoms with van der Waals surface area (Å²) in [5.74, 6) is -0.0401. The van der Waals surface area contributed by atoms with E-state index in [0.29, 0.717) is 13.1 Å². The van der Waals surface area contributed by atoms with E-state index >= 15 is 0 Å². The van der Waals surface area contributed by atoms with Gasteiger partial charge in [-0.25, -0.2) is 0 Å². The minimum atomic E-state index is -0.525. The van der Waals surface area contributed by atoms with Crippen molar-refractivity contribution in [1.82, 2.24) is 15.2 Å². The van der Waals surface area contributed by atoms with Crippen molar-refractivity contribution in [3.63, 3.8) is 0 Å². The van der Waals surface area contributed by atoms with E-state index < -0.39 is 6.04 Å². The van der Waals surface area contributed by atoms with Gasteiger partial charge < -0.3 is 10.2 Å². The Morgan fingerprint density at radius 3 is 3.12 bits per heavy atom. The second-order valence-electron chi connectivity index (χ2n) is 3.58. The van der Waals surface area contributed by atoms with E-state index in [4.69, 9.17) is 5.26 Å². The van der Waals surface area contributed by atoms with Crippen LogP contribution in [0.3, 0.4) is 0 Å². The Kier molecular flexibility index (Phi) is 3.13. The molecule has 5 heteroatoms. The maximum absolute atomic E-state index is 11.7. The third kappa shape index (κ3) is 2.02. The summed E-state index contributed by atoms with van der Waals surface area (Å²) in [6, 6.07) is 5.22. The Hall–Kier alpha value is -1.93. The van der Waals surface area contributed by atoms with E-state index in [2.05, 4.69) is 16.4 Å². The summed E-state index contributed by atoms with van der Waals surface area (Å²) in [6.07, 6.45) is 3.28. The third-order valence-corrected chi connectivity index (χ3v) is 2.56. The molecule has 1 N–H and O–H groups in total. The van der Waals surface area contributed by atoms with Crippen molar-refractivity contribution < 1.29 is 4.79 Å². The van der Waals surface area contributed by atoms with Crippen LogP contribution in [0, 0.1) is 11.3 Å². The van der Waals surface area contributed by atoms with E-state index in [9.17, 15) is 4.79 Å². The van der Waals surface area contributed by atoms with Gasteiger partial charge in [-0.2, -0.15) is 5.26 Å². The molecule has 0 aromatic carbocycles. The van der Waals surface area contributed by atoms with Crippen LogP contribution in [0.1, 0.15) is 11.6 Å². The van der Waals surface area contributed by atoms with Gasteiger partial charge in [0.15, 0.2) is 0 Å². The molecule has 0 spiro atoms. The molecule has 1 unspecified atom stereocenters. The van der Waals surface area contributed by atoms with Gasteiger partial charge in [0.2, 0.25) is 5.91 Å². The Morgan fingerprint density at radius 2 is 2.50 bits per heavy atom. The molecule has 1 aromatic heterocycles. The fourth-order valence-electron chi connectivity index (χ4n) is 1.76. The number of carbonyl (C=O) groups is 1. The van der Waals surface area contributed by atoms with Crippen molar-refractivity contribution in [1.29, 1.82) is 5.26 Å². The van der Waals surface area contributed by atoms with E-state index in [-0.39, 0.29) is 5.91 Å². The molecular weight excluding hydrogens is 204 g/mol. The normalized spacial score (nSPS) is 17.9. The van der Waals surface area contributed by atoms with Crippen LogP contribution >= 0.6 is 0 Å². The molecule has 2 rings (SSSR count). The lowest BCUT2D eigenvalue weighted by Gasteiger charge is -2.31. The van der Waals surface area contributed by atoms with Crippen LogP contribution in [0.25, 0.3) is 0 Å². The second-order valence-corrected chi connectivity index (χ2v) is 3.58. The number of carbonyl (C=O) groups excluding carboxylic acids is 1. The van der Waals surface area contributed by atoms with Gasteiger partial charge >= 0.3 is 0 Å². The first kappa shape index (κ1) is 10.6. The lowest BCUT2D eigenvalue weighted by atomic mass is 10.1. The van der Waals surface area contributed by atoms with Crippen molar-refractivity contribution in [3.05, 3.63) is 30.1 Å². The molecule has 1 atom stereocenters. The summed E-state index contributed by atoms with van der Waals surface area (Å²) in [5.41, 5.74) is 0.764. The molecule has 82 valence electrons. The number of amides is 1. The number of aromatic nitrogens is 1. The minimum absolute atomic E-state index is 0.0401. The standard InChI is InChI=1S/C11H12N4O/c12-6-10(9-2-1-3-13-7-9)15-5-4-14-8-11(15)16/h1-3,7,10,14H,4-5,8H2. The molecule has 1 aromatic rings. The molecule has 0 bridgehead atoms. The Labute approximate surface area is 93.7 Å². The average molecular weight is 216 g/mol. The van der Waals surface area contributed by atoms with Gasteiger partial charge in [-0.3, -0.25) is 9.78 Å². The third-order valence-electron chi connectivity index (χ3n) is 2.56. The van der Waals surface area contributed by atoms with Crippen LogP contribution in [-0.4, -0.2) is 35.4 Å². The van der Waals surface area contributed by atoms with Crippen LogP contribution in [0.2, 0.25) is 0 Å². The molecule has 1 aliphatic heterocycles. The first-order valence-electron chi connectivity index (χ1n) is 5.12. The molecule has 2 heterocycles. The number of hydrogen-bond acceptors (Lipinski definition) is 4. The van der Waals surface area contributed by atoms with Crippen LogP contribution in [0.4, 0.5) is 0 Å². The fourth-order valence-corrected chi connectivity index (χ4v) is 1.76. The smallest absolute Gasteiger partial charge is 0.237 e. The average Bonchev–Trinajstić information content (AvgIpc) is 2.34. The summed E-state index contributed by atoms with van der Waals surface area (Å²) in [6.45, 7) is 1.59. The van der Waals surface area contributed by atoms with Crippen molar-refractivity contribution in [2.75, 3.05) is 19.6 Å². The molecule has 0 aliphatic carbocycles. The zero-order valence-corrected chi connectivity index (χ0v) is 8.76. The predicted molar refractivity (Wildman–Crippen MR) is 57.2 cm³/mol. The monoisotopic (exact) mass is 216 g/mol. The fraction of sp³-hybridized carbons (Fsp3) is 0.364. The number of nitrogens with one attached hydrogen (secondary N) is 1. The molecule has 0 radical (unpaired) electrons. The maximum atomic E-state index is 11.7. The number of piperazine rings is 1. The van der Waals surface area contributed by atoms with Gasteiger partial charge in [0.25, 0.3) is 0 Å². The molecule has 5 nitrogen and oxygen atoms in total.